The zero-order valence-corrected chi connectivity index (χ0v) is 14.7. The molecule has 0 aromatic carbocycles. The second-order valence-corrected chi connectivity index (χ2v) is 5.04. The molecule has 0 bridgehead atoms. The molecule has 0 amide bonds. The number of aromatic nitrogens is 3. The Morgan fingerprint density at radius 2 is 1.33 bits per heavy atom. The molecule has 6 nitrogen and oxygen atoms in total. The Balaban J connectivity index is 0.000000202. The van der Waals surface area contributed by atoms with E-state index in [-0.39, 0.29) is 0 Å². The molecule has 0 saturated carbocycles. The normalized spacial score (nSPS) is 8.33. The highest BCUT2D eigenvalue weighted by atomic mass is 14.7. The third kappa shape index (κ3) is 10.4. The van der Waals surface area contributed by atoms with E-state index in [1.807, 2.05) is 54.6 Å². The van der Waals surface area contributed by atoms with Crippen LogP contribution in [0.25, 0.3) is 0 Å². The molecule has 3 aromatic rings. The van der Waals surface area contributed by atoms with Gasteiger partial charge in [-0.1, -0.05) is 12.1 Å². The maximum absolute atomic E-state index is 8.25. The number of pyridine rings is 3. The van der Waals surface area contributed by atoms with Crippen molar-refractivity contribution < 1.29 is 0 Å². The van der Waals surface area contributed by atoms with Crippen LogP contribution in [0.3, 0.4) is 0 Å². The standard InChI is InChI=1S/3C7H6N2/c8-4-1-7-2-5-9-6-3-7;8-4-3-7-2-1-5-9-6-7;8-5-4-7-3-1-2-6-9-7/h2-3,5-6H,1H2;1-2,5-6H,3H2;1-3,6H,4H2. The number of nitriles is 3. The lowest BCUT2D eigenvalue weighted by Crippen LogP contribution is -1.83. The van der Waals surface area contributed by atoms with E-state index in [9.17, 15) is 0 Å². The number of hydrogen-bond donors (Lipinski definition) is 0. The topological polar surface area (TPSA) is 110 Å². The van der Waals surface area contributed by atoms with E-state index in [4.69, 9.17) is 15.8 Å². The molecule has 0 unspecified atom stereocenters. The zero-order valence-electron chi connectivity index (χ0n) is 14.7. The van der Waals surface area contributed by atoms with E-state index >= 15 is 0 Å². The van der Waals surface area contributed by atoms with Gasteiger partial charge >= 0.3 is 0 Å². The van der Waals surface area contributed by atoms with Gasteiger partial charge in [-0.25, -0.2) is 0 Å². The van der Waals surface area contributed by atoms with Gasteiger partial charge in [0.2, 0.25) is 0 Å². The summed E-state index contributed by atoms with van der Waals surface area (Å²) >= 11 is 0. The van der Waals surface area contributed by atoms with Crippen LogP contribution in [-0.2, 0) is 19.3 Å². The Morgan fingerprint density at radius 1 is 0.630 bits per heavy atom. The monoisotopic (exact) mass is 354 g/mol. The Bertz CT molecular complexity index is 753. The minimum atomic E-state index is 0.404. The Hall–Kier alpha value is -4.08. The molecule has 0 radical (unpaired) electrons. The van der Waals surface area contributed by atoms with Crippen molar-refractivity contribution in [3.63, 3.8) is 0 Å². The molecular weight excluding hydrogens is 336 g/mol. The van der Waals surface area contributed by atoms with Gasteiger partial charge in [-0.05, 0) is 41.5 Å². The Morgan fingerprint density at radius 3 is 1.89 bits per heavy atom. The molecule has 0 saturated heterocycles. The van der Waals surface area contributed by atoms with Gasteiger partial charge in [0.1, 0.15) is 0 Å². The summed E-state index contributed by atoms with van der Waals surface area (Å²) in [5.74, 6) is 0. The smallest absolute Gasteiger partial charge is 0.0774 e. The summed E-state index contributed by atoms with van der Waals surface area (Å²) in [4.78, 5) is 11.6. The van der Waals surface area contributed by atoms with E-state index in [0.717, 1.165) is 16.8 Å². The molecule has 132 valence electrons. The number of rotatable bonds is 3. The molecule has 27 heavy (non-hydrogen) atoms. The highest BCUT2D eigenvalue weighted by molar-refractivity contribution is 5.14. The molecule has 0 spiro atoms. The predicted molar refractivity (Wildman–Crippen MR) is 101 cm³/mol. The van der Waals surface area contributed by atoms with Crippen LogP contribution in [0.4, 0.5) is 0 Å². The van der Waals surface area contributed by atoms with Gasteiger partial charge < -0.3 is 0 Å². The van der Waals surface area contributed by atoms with E-state index in [2.05, 4.69) is 21.0 Å². The highest BCUT2D eigenvalue weighted by Gasteiger charge is 1.87. The van der Waals surface area contributed by atoms with Crippen molar-refractivity contribution in [3.8, 4) is 18.2 Å². The fourth-order valence-corrected chi connectivity index (χ4v) is 1.77. The lowest BCUT2D eigenvalue weighted by molar-refractivity contribution is 1.12. The summed E-state index contributed by atoms with van der Waals surface area (Å²) in [6.07, 6.45) is 9.79. The lowest BCUT2D eigenvalue weighted by Gasteiger charge is -1.87. The van der Waals surface area contributed by atoms with E-state index in [0.29, 0.717) is 19.3 Å². The molecule has 0 aliphatic rings. The number of hydrogen-bond acceptors (Lipinski definition) is 6. The van der Waals surface area contributed by atoms with Crippen molar-refractivity contribution in [3.05, 3.63) is 90.3 Å². The third-order valence-electron chi connectivity index (χ3n) is 3.02. The van der Waals surface area contributed by atoms with Gasteiger partial charge in [0.25, 0.3) is 0 Å². The molecule has 6 heteroatoms. The molecule has 3 rings (SSSR count). The van der Waals surface area contributed by atoms with Gasteiger partial charge in [0, 0.05) is 31.0 Å². The van der Waals surface area contributed by atoms with Crippen LogP contribution in [0.15, 0.2) is 73.4 Å². The Kier molecular flexibility index (Phi) is 11.1. The van der Waals surface area contributed by atoms with Crippen LogP contribution in [0.1, 0.15) is 16.8 Å². The maximum atomic E-state index is 8.25. The largest absolute Gasteiger partial charge is 0.265 e. The molecule has 0 aliphatic carbocycles. The van der Waals surface area contributed by atoms with Gasteiger partial charge in [0.05, 0.1) is 43.2 Å². The Labute approximate surface area is 159 Å². The van der Waals surface area contributed by atoms with Crippen molar-refractivity contribution in [1.29, 1.82) is 15.8 Å². The van der Waals surface area contributed by atoms with Crippen molar-refractivity contribution in [2.45, 2.75) is 19.3 Å². The molecule has 3 heterocycles. The predicted octanol–water partition coefficient (Wildman–Crippen LogP) is 3.44. The van der Waals surface area contributed by atoms with Crippen molar-refractivity contribution in [2.24, 2.45) is 0 Å². The summed E-state index contributed by atoms with van der Waals surface area (Å²) in [5.41, 5.74) is 2.83. The van der Waals surface area contributed by atoms with Crippen LogP contribution >= 0.6 is 0 Å². The minimum Gasteiger partial charge on any atom is -0.265 e. The van der Waals surface area contributed by atoms with Crippen LogP contribution in [0.5, 0.6) is 0 Å². The van der Waals surface area contributed by atoms with E-state index in [1.165, 1.54) is 0 Å². The lowest BCUT2D eigenvalue weighted by atomic mass is 10.2. The fourth-order valence-electron chi connectivity index (χ4n) is 1.77. The number of nitrogens with zero attached hydrogens (tertiary/aromatic N) is 6. The summed E-state index contributed by atoms with van der Waals surface area (Å²) < 4.78 is 0. The quantitative estimate of drug-likeness (QED) is 0.712. The fraction of sp³-hybridized carbons (Fsp3) is 0.143. The molecule has 3 aromatic heterocycles. The van der Waals surface area contributed by atoms with Crippen LogP contribution in [0, 0.1) is 34.0 Å². The summed E-state index contributed by atoms with van der Waals surface area (Å²) in [6.45, 7) is 0. The maximum Gasteiger partial charge on any atom is 0.0774 e. The average Bonchev–Trinajstić information content (AvgIpc) is 2.72. The van der Waals surface area contributed by atoms with Gasteiger partial charge in [-0.3, -0.25) is 15.0 Å². The first kappa shape index (κ1) is 21.0. The van der Waals surface area contributed by atoms with Gasteiger partial charge in [-0.2, -0.15) is 15.8 Å². The first-order chi connectivity index (χ1) is 13.3. The SMILES string of the molecule is N#CCc1ccccn1.N#CCc1cccnc1.N#CCc1ccncc1. The third-order valence-corrected chi connectivity index (χ3v) is 3.02. The summed E-state index contributed by atoms with van der Waals surface area (Å²) in [6, 6.07) is 19.1. The second kappa shape index (κ2) is 14.3. The molecule has 0 aliphatic heterocycles. The van der Waals surface area contributed by atoms with Crippen molar-refractivity contribution in [2.75, 3.05) is 0 Å². The van der Waals surface area contributed by atoms with E-state index < -0.39 is 0 Å². The molecule has 0 fully saturated rings. The van der Waals surface area contributed by atoms with Crippen molar-refractivity contribution >= 4 is 0 Å². The van der Waals surface area contributed by atoms with Crippen molar-refractivity contribution in [1.82, 2.24) is 15.0 Å². The second-order valence-electron chi connectivity index (χ2n) is 5.04. The van der Waals surface area contributed by atoms with Crippen LogP contribution in [0.2, 0.25) is 0 Å². The average molecular weight is 354 g/mol. The van der Waals surface area contributed by atoms with Gasteiger partial charge in [-0.15, -0.1) is 0 Å². The van der Waals surface area contributed by atoms with Gasteiger partial charge in [0.15, 0.2) is 0 Å². The summed E-state index contributed by atoms with van der Waals surface area (Å²) in [7, 11) is 0. The first-order valence-corrected chi connectivity index (χ1v) is 8.08. The zero-order chi connectivity index (χ0) is 19.6. The molecule has 0 N–H and O–H groups in total. The van der Waals surface area contributed by atoms with E-state index in [1.54, 1.807) is 31.0 Å². The first-order valence-electron chi connectivity index (χ1n) is 8.08. The van der Waals surface area contributed by atoms with Crippen LogP contribution in [-0.4, -0.2) is 15.0 Å². The highest BCUT2D eigenvalue weighted by Crippen LogP contribution is 1.95. The van der Waals surface area contributed by atoms with Crippen LogP contribution < -0.4 is 0 Å². The molecular formula is C21H18N6. The molecule has 0 atom stereocenters. The summed E-state index contributed by atoms with van der Waals surface area (Å²) in [5, 5.41) is 24.7. The minimum absolute atomic E-state index is 0.404.